The van der Waals surface area contributed by atoms with Crippen molar-refractivity contribution in [2.75, 3.05) is 9.80 Å². The quantitative estimate of drug-likeness (QED) is 0.0961. The van der Waals surface area contributed by atoms with Gasteiger partial charge in [-0.05, 0) is 280 Å². The number of fused-ring (bicyclic) bond motifs is 22. The summed E-state index contributed by atoms with van der Waals surface area (Å²) in [5.74, 6) is 2.14. The van der Waals surface area contributed by atoms with E-state index in [0.717, 1.165) is 189 Å². The normalized spacial score (nSPS) is 15.9. The summed E-state index contributed by atoms with van der Waals surface area (Å²) in [5, 5.41) is 4.10. The Kier molecular flexibility index (Phi) is 16.0. The lowest BCUT2D eigenvalue weighted by Crippen LogP contribution is -2.29. The smallest absolute Gasteiger partial charge is 0.137 e. The number of nitrogens with zero attached hydrogens (tertiary/aromatic N) is 2. The monoisotopic (exact) mass is 1580 g/mol. The van der Waals surface area contributed by atoms with Crippen molar-refractivity contribution in [2.45, 2.75) is 16.2 Å². The zero-order chi connectivity index (χ0) is 81.8. The number of benzene rings is 18. The van der Waals surface area contributed by atoms with Crippen LogP contribution in [0.1, 0.15) is 77.9 Å². The van der Waals surface area contributed by atoms with E-state index in [0.29, 0.717) is 23.0 Å². The van der Waals surface area contributed by atoms with Gasteiger partial charge in [0, 0.05) is 67.8 Å². The van der Waals surface area contributed by atoms with Gasteiger partial charge in [-0.15, -0.1) is 0 Å². The summed E-state index contributed by atoms with van der Waals surface area (Å²) in [6.45, 7) is 7.91. The molecule has 6 nitrogen and oxygen atoms in total. The number of rotatable bonds is 16. The van der Waals surface area contributed by atoms with Crippen LogP contribution in [0.15, 0.2) is 422 Å². The number of halogens is 2. The van der Waals surface area contributed by atoms with Gasteiger partial charge in [0.25, 0.3) is 0 Å². The molecule has 18 aromatic carbocycles. The summed E-state index contributed by atoms with van der Waals surface area (Å²) in [5.41, 5.74) is 29.3. The summed E-state index contributed by atoms with van der Waals surface area (Å²) >= 11 is 0. The largest absolute Gasteiger partial charge is 0.457 e. The molecule has 8 heteroatoms. The lowest BCUT2D eigenvalue weighted by molar-refractivity contribution is 0.482. The molecule has 0 aliphatic heterocycles. The number of hydrogen-bond acceptors (Lipinski definition) is 6. The number of anilines is 6. The van der Waals surface area contributed by atoms with E-state index in [1.54, 1.807) is 24.3 Å². The molecule has 0 bridgehead atoms. The van der Waals surface area contributed by atoms with Crippen molar-refractivity contribution in [3.05, 3.63) is 503 Å². The van der Waals surface area contributed by atoms with Crippen molar-refractivity contribution in [1.29, 1.82) is 0 Å². The SMILES string of the molecule is C=Cc1ccc(Oc2ccc(C3(c4ccc(F)cc4)c4ccccc4-c4ccc(N(c5ccc6c(c5)C5(c7ccccc7-6)c6ccccc6-c6ccc(N(c7ccc8c(c7)C(c7ccc(F)cc7)(c7ccc(Oc9ccc(C=C)cc9)cc7)c7ccccc7-8)c7ccc8c(c7)oc7ccccc78)cc65)c5ccc6c(c5)oc5ccccc56)cc43)cc2)cc1. The standard InChI is InChI=1S/C115H72F2N2O4/c1-3-71-29-51-85(52-30-71)120-87-55-37-75(38-56-87)113(73-33-41-77(116)42-34-73)101-23-11-5-17-89(101)93-59-45-79(65-105(93)113)118(83-49-63-99-97-21-9-15-27-109(97)122-111(99)69-83)81-47-61-95-91-19-7-13-25-103(91)115(107(95)67-81)104-26-14-8-20-92(104)96-62-48-82(68-108(96)115)119(84-50-64-100-98-22-10-16-28-110(98)123-112(100)70-84)80-46-60-94-90-18-6-12-24-102(90)114(106(94)66-80,74-35-43-78(117)44-36-74)76-39-57-88(58-40-76)121-86-53-31-72(4-2)32-54-86/h3-70H,1-2H2. The van der Waals surface area contributed by atoms with E-state index >= 15 is 8.78 Å². The maximum Gasteiger partial charge on any atom is 0.137 e. The fraction of sp³-hybridized carbons (Fsp3) is 0.0261. The zero-order valence-electron chi connectivity index (χ0n) is 66.5. The number of ether oxygens (including phenoxy) is 2. The molecular weight excluding hydrogens is 1510 g/mol. The molecule has 24 rings (SSSR count). The molecule has 1 spiro atoms. The molecule has 20 aromatic rings. The van der Waals surface area contributed by atoms with Crippen LogP contribution < -0.4 is 19.3 Å². The highest BCUT2D eigenvalue weighted by Crippen LogP contribution is 2.66. The number of furan rings is 2. The van der Waals surface area contributed by atoms with Gasteiger partial charge in [-0.25, -0.2) is 8.78 Å². The van der Waals surface area contributed by atoms with E-state index in [9.17, 15) is 0 Å². The molecule has 0 saturated heterocycles. The van der Waals surface area contributed by atoms with Gasteiger partial charge < -0.3 is 28.1 Å². The maximum atomic E-state index is 15.7. The lowest BCUT2D eigenvalue weighted by Gasteiger charge is -2.35. The van der Waals surface area contributed by atoms with Crippen LogP contribution in [-0.4, -0.2) is 0 Å². The van der Waals surface area contributed by atoms with E-state index in [2.05, 4.69) is 278 Å². The van der Waals surface area contributed by atoms with Crippen molar-refractivity contribution in [1.82, 2.24) is 0 Å². The maximum absolute atomic E-state index is 15.7. The highest BCUT2D eigenvalue weighted by molar-refractivity contribution is 6.08. The molecule has 4 aliphatic rings. The molecular formula is C115H72F2N2O4. The Morgan fingerprint density at radius 2 is 0.480 bits per heavy atom. The second-order valence-electron chi connectivity index (χ2n) is 32.4. The third-order valence-electron chi connectivity index (χ3n) is 26.2. The van der Waals surface area contributed by atoms with Crippen molar-refractivity contribution in [2.24, 2.45) is 0 Å². The minimum atomic E-state index is -0.947. The zero-order valence-corrected chi connectivity index (χ0v) is 66.5. The van der Waals surface area contributed by atoms with Gasteiger partial charge >= 0.3 is 0 Å². The molecule has 4 aliphatic carbocycles. The fourth-order valence-electron chi connectivity index (χ4n) is 20.9. The van der Waals surface area contributed by atoms with Crippen LogP contribution in [0.2, 0.25) is 0 Å². The van der Waals surface area contributed by atoms with Crippen LogP contribution in [0.4, 0.5) is 42.9 Å². The van der Waals surface area contributed by atoms with E-state index in [1.807, 2.05) is 133 Å². The first kappa shape index (κ1) is 71.2. The molecule has 2 unspecified atom stereocenters. The molecule has 0 N–H and O–H groups in total. The van der Waals surface area contributed by atoms with E-state index in [1.165, 1.54) is 11.1 Å². The predicted octanol–water partition coefficient (Wildman–Crippen LogP) is 30.6. The molecule has 0 radical (unpaired) electrons. The molecule has 2 heterocycles. The van der Waals surface area contributed by atoms with E-state index < -0.39 is 16.2 Å². The van der Waals surface area contributed by atoms with Gasteiger partial charge in [0.1, 0.15) is 57.0 Å². The van der Waals surface area contributed by atoms with Gasteiger partial charge in [0.05, 0.1) is 16.2 Å². The van der Waals surface area contributed by atoms with Crippen molar-refractivity contribution < 1.29 is 27.1 Å². The first-order valence-corrected chi connectivity index (χ1v) is 41.6. The Morgan fingerprint density at radius 1 is 0.228 bits per heavy atom. The Balaban J connectivity index is 0.713. The minimum Gasteiger partial charge on any atom is -0.457 e. The summed E-state index contributed by atoms with van der Waals surface area (Å²) in [7, 11) is 0. The highest BCUT2D eigenvalue weighted by atomic mass is 19.1. The summed E-state index contributed by atoms with van der Waals surface area (Å²) in [4.78, 5) is 4.80. The minimum absolute atomic E-state index is 0.319. The Hall–Kier alpha value is -15.9. The number of para-hydroxylation sites is 2. The number of hydrogen-bond donors (Lipinski definition) is 0. The van der Waals surface area contributed by atoms with Gasteiger partial charge in [-0.2, -0.15) is 0 Å². The Bertz CT molecular complexity index is 7300. The van der Waals surface area contributed by atoms with Crippen molar-refractivity contribution in [3.8, 4) is 67.5 Å². The molecule has 0 saturated carbocycles. The Morgan fingerprint density at radius 3 is 0.813 bits per heavy atom. The van der Waals surface area contributed by atoms with Crippen LogP contribution in [0.25, 0.3) is 101 Å². The van der Waals surface area contributed by atoms with Gasteiger partial charge in [0.2, 0.25) is 0 Å². The molecule has 580 valence electrons. The third-order valence-corrected chi connectivity index (χ3v) is 26.2. The van der Waals surface area contributed by atoms with Gasteiger partial charge in [0.15, 0.2) is 0 Å². The van der Waals surface area contributed by atoms with Gasteiger partial charge in [-0.3, -0.25) is 0 Å². The van der Waals surface area contributed by atoms with Crippen LogP contribution >= 0.6 is 0 Å². The first-order valence-electron chi connectivity index (χ1n) is 41.6. The third kappa shape index (κ3) is 10.7. The van der Waals surface area contributed by atoms with E-state index in [-0.39, 0.29) is 11.6 Å². The average molecular weight is 1580 g/mol. The van der Waals surface area contributed by atoms with Gasteiger partial charge in [-0.1, -0.05) is 256 Å². The molecule has 2 aromatic heterocycles. The molecule has 123 heavy (non-hydrogen) atoms. The van der Waals surface area contributed by atoms with Crippen molar-refractivity contribution in [3.63, 3.8) is 0 Å². The molecule has 0 amide bonds. The second-order valence-corrected chi connectivity index (χ2v) is 32.4. The summed E-state index contributed by atoms with van der Waals surface area (Å²) < 4.78 is 58.2. The summed E-state index contributed by atoms with van der Waals surface area (Å²) in [6.07, 6.45) is 3.64. The molecule has 0 fully saturated rings. The van der Waals surface area contributed by atoms with E-state index in [4.69, 9.17) is 18.3 Å². The fourth-order valence-corrected chi connectivity index (χ4v) is 20.9. The van der Waals surface area contributed by atoms with Crippen LogP contribution in [0.3, 0.4) is 0 Å². The first-order chi connectivity index (χ1) is 60.6. The Labute approximate surface area is 709 Å². The van der Waals surface area contributed by atoms with Crippen molar-refractivity contribution >= 4 is 90.2 Å². The topological polar surface area (TPSA) is 51.2 Å². The second kappa shape index (κ2) is 27.6. The average Bonchev–Trinajstić information content (AvgIpc) is 1.51. The predicted molar refractivity (Wildman–Crippen MR) is 494 cm³/mol. The summed E-state index contributed by atoms with van der Waals surface area (Å²) in [6, 6.07) is 140. The highest BCUT2D eigenvalue weighted by Gasteiger charge is 2.54. The van der Waals surface area contributed by atoms with Crippen LogP contribution in [0.5, 0.6) is 23.0 Å². The van der Waals surface area contributed by atoms with Crippen LogP contribution in [-0.2, 0) is 16.2 Å². The molecule has 2 atom stereocenters. The van der Waals surface area contributed by atoms with Crippen LogP contribution in [0, 0.1) is 11.6 Å². The lowest BCUT2D eigenvalue weighted by atomic mass is 9.67.